The van der Waals surface area contributed by atoms with E-state index in [-0.39, 0.29) is 50.7 Å². The first-order valence-corrected chi connectivity index (χ1v) is 22.9. The van der Waals surface area contributed by atoms with Crippen molar-refractivity contribution in [2.75, 3.05) is 37.2 Å². The molecule has 380 valence electrons. The number of amides is 3. The number of aryl methyl sites for hydroxylation is 4. The molecule has 3 amide bonds. The topological polar surface area (TPSA) is 169 Å². The van der Waals surface area contributed by atoms with Crippen molar-refractivity contribution >= 4 is 58.3 Å². The number of carbonyl (C=O) groups excluding carboxylic acids is 3. The maximum atomic E-state index is 13.1. The van der Waals surface area contributed by atoms with Crippen molar-refractivity contribution in [1.29, 1.82) is 0 Å². The molecular formula is C50H54Cl2F6N8O5. The highest BCUT2D eigenvalue weighted by molar-refractivity contribution is 6.35. The van der Waals surface area contributed by atoms with Crippen LogP contribution in [0.3, 0.4) is 0 Å². The van der Waals surface area contributed by atoms with Gasteiger partial charge in [0.15, 0.2) is 11.4 Å². The van der Waals surface area contributed by atoms with Crippen LogP contribution in [-0.4, -0.2) is 84.3 Å². The van der Waals surface area contributed by atoms with Crippen LogP contribution in [0.5, 0.6) is 0 Å². The molecule has 2 aromatic heterocycles. The van der Waals surface area contributed by atoms with Crippen LogP contribution in [-0.2, 0) is 25.4 Å². The fraction of sp³-hybridized carbons (Fsp3) is 0.320. The number of anilines is 2. The first kappa shape index (κ1) is 56.7. The normalized spacial score (nSPS) is 11.2. The van der Waals surface area contributed by atoms with E-state index in [0.717, 1.165) is 28.8 Å². The van der Waals surface area contributed by atoms with E-state index in [1.807, 2.05) is 40.7 Å². The summed E-state index contributed by atoms with van der Waals surface area (Å²) in [5, 5.41) is 19.4. The molecule has 0 atom stereocenters. The van der Waals surface area contributed by atoms with Gasteiger partial charge in [0.25, 0.3) is 17.7 Å². The molecule has 0 saturated heterocycles. The lowest BCUT2D eigenvalue weighted by Gasteiger charge is -2.21. The highest BCUT2D eigenvalue weighted by atomic mass is 35.5. The molecule has 0 aliphatic rings. The van der Waals surface area contributed by atoms with Crippen LogP contribution in [0.15, 0.2) is 84.9 Å². The quantitative estimate of drug-likeness (QED) is 0.0758. The Labute approximate surface area is 417 Å². The van der Waals surface area contributed by atoms with E-state index in [2.05, 4.69) is 15.5 Å². The molecule has 6 rings (SSSR count). The third kappa shape index (κ3) is 14.6. The number of hydrogen-bond acceptors (Lipinski definition) is 7. The minimum Gasteiger partial charge on any atom is -0.478 e. The number of nitrogens with one attached hydrogen (secondary N) is 1. The van der Waals surface area contributed by atoms with Crippen molar-refractivity contribution in [1.82, 2.24) is 29.4 Å². The van der Waals surface area contributed by atoms with Gasteiger partial charge in [-0.2, -0.15) is 36.5 Å². The number of benzene rings is 4. The average molecular weight is 1030 g/mol. The van der Waals surface area contributed by atoms with Gasteiger partial charge in [-0.1, -0.05) is 59.6 Å². The zero-order valence-electron chi connectivity index (χ0n) is 40.2. The molecule has 6 aromatic rings. The third-order valence-corrected chi connectivity index (χ3v) is 11.7. The highest BCUT2D eigenvalue weighted by Crippen LogP contribution is 2.31. The fourth-order valence-electron chi connectivity index (χ4n) is 7.14. The number of alkyl halides is 6. The van der Waals surface area contributed by atoms with Gasteiger partial charge in [-0.3, -0.25) is 23.7 Å². The summed E-state index contributed by atoms with van der Waals surface area (Å²) in [4.78, 5) is 52.4. The summed E-state index contributed by atoms with van der Waals surface area (Å²) in [6, 6.07) is 21.7. The molecule has 0 radical (unpaired) electrons. The minimum absolute atomic E-state index is 0.0605. The Morgan fingerprint density at radius 2 is 1.03 bits per heavy atom. The van der Waals surface area contributed by atoms with Gasteiger partial charge in [-0.25, -0.2) is 4.79 Å². The lowest BCUT2D eigenvalue weighted by molar-refractivity contribution is -0.142. The Kier molecular flexibility index (Phi) is 19.4. The van der Waals surface area contributed by atoms with Crippen LogP contribution in [0.1, 0.15) is 114 Å². The SMILES string of the molecule is CCN(CC)C(=O)c1c(Cl)cccc1C(=O)Nc1ccc(Cn2nc(C(F)(F)F)cc2C)cc1C.CCN(CC)C(=O)c1c(Cl)cccc1C(=O)O.Cc1cc(Cn2nc(C(F)(F)F)cc2C)ccc1N. The van der Waals surface area contributed by atoms with Gasteiger partial charge < -0.3 is 26.0 Å². The standard InChI is InChI=1S/C25H26ClF3N4O2.C13H14F3N3.C12H14ClNO3/c1-5-32(6-2)24(35)22-18(8-7-9-19(22)26)23(34)30-20-11-10-17(12-15(20)3)14-33-16(4)13-21(31-33)25(27,28)29;1-8-5-10(3-4-11(8)17)7-19-9(2)6-12(18-19)13(14,15)16;1-3-14(4-2)11(15)10-8(12(16)17)6-5-7-9(10)13/h7-13H,5-6,14H2,1-4H3,(H,30,34);3-6H,7,17H2,1-2H3;5-7H,3-4H2,1-2H3,(H,16,17). The molecule has 0 fully saturated rings. The predicted molar refractivity (Wildman–Crippen MR) is 261 cm³/mol. The second kappa shape index (κ2) is 24.3. The Hall–Kier alpha value is -6.86. The summed E-state index contributed by atoms with van der Waals surface area (Å²) in [6.07, 6.45) is -8.92. The Balaban J connectivity index is 0.000000256. The molecule has 0 aliphatic heterocycles. The number of rotatable bonds is 13. The van der Waals surface area contributed by atoms with E-state index in [9.17, 15) is 45.5 Å². The van der Waals surface area contributed by atoms with Crippen LogP contribution < -0.4 is 11.1 Å². The van der Waals surface area contributed by atoms with Gasteiger partial charge in [0.05, 0.1) is 45.4 Å². The fourth-order valence-corrected chi connectivity index (χ4v) is 7.65. The summed E-state index contributed by atoms with van der Waals surface area (Å²) in [5.41, 5.74) is 9.42. The van der Waals surface area contributed by atoms with Gasteiger partial charge in [-0.05, 0) is 126 Å². The van der Waals surface area contributed by atoms with E-state index in [1.165, 1.54) is 32.5 Å². The van der Waals surface area contributed by atoms with Crippen LogP contribution >= 0.6 is 23.2 Å². The monoisotopic (exact) mass is 1030 g/mol. The van der Waals surface area contributed by atoms with Crippen LogP contribution in [0.2, 0.25) is 10.0 Å². The molecule has 2 heterocycles. The van der Waals surface area contributed by atoms with E-state index < -0.39 is 35.6 Å². The predicted octanol–water partition coefficient (Wildman–Crippen LogP) is 11.6. The number of nitrogen functional groups attached to an aromatic ring is 1. The number of hydrogen-bond donors (Lipinski definition) is 3. The number of nitrogens with zero attached hydrogens (tertiary/aromatic N) is 6. The summed E-state index contributed by atoms with van der Waals surface area (Å²) in [6.45, 7) is 16.6. The van der Waals surface area contributed by atoms with Gasteiger partial charge in [-0.15, -0.1) is 0 Å². The Morgan fingerprint density at radius 1 is 0.620 bits per heavy atom. The first-order valence-electron chi connectivity index (χ1n) is 22.1. The van der Waals surface area contributed by atoms with Crippen molar-refractivity contribution in [3.63, 3.8) is 0 Å². The molecule has 0 bridgehead atoms. The zero-order chi connectivity index (χ0) is 53.1. The van der Waals surface area contributed by atoms with Gasteiger partial charge in [0.2, 0.25) is 0 Å². The molecule has 71 heavy (non-hydrogen) atoms. The number of halogens is 8. The smallest absolute Gasteiger partial charge is 0.435 e. The number of carboxylic acids is 1. The number of aromatic carboxylic acids is 1. The van der Waals surface area contributed by atoms with Crippen molar-refractivity contribution in [3.05, 3.63) is 162 Å². The molecule has 4 aromatic carbocycles. The van der Waals surface area contributed by atoms with Gasteiger partial charge >= 0.3 is 18.3 Å². The Morgan fingerprint density at radius 3 is 1.41 bits per heavy atom. The van der Waals surface area contributed by atoms with E-state index >= 15 is 0 Å². The summed E-state index contributed by atoms with van der Waals surface area (Å²) >= 11 is 12.2. The van der Waals surface area contributed by atoms with Crippen molar-refractivity contribution < 1.29 is 50.6 Å². The molecule has 0 saturated carbocycles. The molecule has 0 aliphatic carbocycles. The molecule has 4 N–H and O–H groups in total. The second-order valence-corrected chi connectivity index (χ2v) is 16.8. The summed E-state index contributed by atoms with van der Waals surface area (Å²) < 4.78 is 79.1. The van der Waals surface area contributed by atoms with Crippen LogP contribution in [0, 0.1) is 27.7 Å². The maximum Gasteiger partial charge on any atom is 0.435 e. The summed E-state index contributed by atoms with van der Waals surface area (Å²) in [7, 11) is 0. The largest absolute Gasteiger partial charge is 0.478 e. The van der Waals surface area contributed by atoms with Crippen molar-refractivity contribution in [2.24, 2.45) is 0 Å². The van der Waals surface area contributed by atoms with Crippen molar-refractivity contribution in [3.8, 4) is 0 Å². The maximum absolute atomic E-state index is 13.1. The second-order valence-electron chi connectivity index (χ2n) is 16.0. The minimum atomic E-state index is -4.51. The van der Waals surface area contributed by atoms with E-state index in [1.54, 1.807) is 74.2 Å². The first-order chi connectivity index (χ1) is 33.2. The van der Waals surface area contributed by atoms with E-state index in [4.69, 9.17) is 34.0 Å². The molecule has 21 heteroatoms. The van der Waals surface area contributed by atoms with Gasteiger partial charge in [0, 0.05) is 48.9 Å². The van der Waals surface area contributed by atoms with E-state index in [0.29, 0.717) is 61.0 Å². The highest BCUT2D eigenvalue weighted by Gasteiger charge is 2.35. The number of carboxylic acid groups (broad SMARTS) is 1. The lowest BCUT2D eigenvalue weighted by atomic mass is 10.0. The molecule has 0 unspecified atom stereocenters. The molecule has 0 spiro atoms. The average Bonchev–Trinajstić information content (AvgIpc) is 3.87. The van der Waals surface area contributed by atoms with Gasteiger partial charge in [0.1, 0.15) is 0 Å². The van der Waals surface area contributed by atoms with Crippen molar-refractivity contribution in [2.45, 2.75) is 80.8 Å². The molecule has 13 nitrogen and oxygen atoms in total. The third-order valence-electron chi connectivity index (χ3n) is 11.1. The van der Waals surface area contributed by atoms with Crippen LogP contribution in [0.25, 0.3) is 0 Å². The number of aromatic nitrogens is 4. The Bertz CT molecular complexity index is 2870. The lowest BCUT2D eigenvalue weighted by Crippen LogP contribution is -2.32. The molecular weight excluding hydrogens is 977 g/mol. The number of nitrogens with two attached hydrogens (primary N) is 1. The summed E-state index contributed by atoms with van der Waals surface area (Å²) in [5.74, 6) is -2.32. The van der Waals surface area contributed by atoms with Crippen LogP contribution in [0.4, 0.5) is 37.7 Å². The number of carbonyl (C=O) groups is 4. The zero-order valence-corrected chi connectivity index (χ0v) is 41.7.